The van der Waals surface area contributed by atoms with Crippen molar-refractivity contribution in [3.8, 4) is 5.75 Å². The van der Waals surface area contributed by atoms with E-state index in [9.17, 15) is 8.78 Å². The average Bonchev–Trinajstić information content (AvgIpc) is 2.41. The zero-order valence-electron chi connectivity index (χ0n) is 10.00. The highest BCUT2D eigenvalue weighted by Gasteiger charge is 2.11. The minimum absolute atomic E-state index is 0.116. The molecule has 0 aliphatic carbocycles. The van der Waals surface area contributed by atoms with Crippen LogP contribution in [0.2, 0.25) is 0 Å². The van der Waals surface area contributed by atoms with Gasteiger partial charge in [-0.2, -0.15) is 4.39 Å². The molecule has 19 heavy (non-hydrogen) atoms. The Kier molecular flexibility index (Phi) is 4.50. The number of hydrogen-bond donors (Lipinski definition) is 1. The first-order chi connectivity index (χ1) is 9.10. The smallest absolute Gasteiger partial charge is 0.200 e. The Hall–Kier alpha value is -1.46. The molecule has 0 atom stereocenters. The molecule has 0 aliphatic heterocycles. The van der Waals surface area contributed by atoms with Crippen LogP contribution in [0.1, 0.15) is 11.1 Å². The second-order valence-electron chi connectivity index (χ2n) is 4.01. The topological polar surface area (TPSA) is 35.2 Å². The van der Waals surface area contributed by atoms with Crippen LogP contribution in [0.3, 0.4) is 0 Å². The predicted octanol–water partition coefficient (Wildman–Crippen LogP) is 3.77. The van der Waals surface area contributed by atoms with E-state index in [1.54, 1.807) is 0 Å². The normalized spacial score (nSPS) is 10.5. The van der Waals surface area contributed by atoms with Crippen molar-refractivity contribution in [2.24, 2.45) is 5.73 Å². The van der Waals surface area contributed by atoms with Crippen molar-refractivity contribution in [3.63, 3.8) is 0 Å². The Bertz CT molecular complexity index is 572. The summed E-state index contributed by atoms with van der Waals surface area (Å²) in [6.45, 7) is 0.629. The van der Waals surface area contributed by atoms with Crippen LogP contribution in [0.4, 0.5) is 8.78 Å². The summed E-state index contributed by atoms with van der Waals surface area (Å²) in [5, 5.41) is 0. The lowest BCUT2D eigenvalue weighted by molar-refractivity contribution is 0.284. The zero-order valence-corrected chi connectivity index (χ0v) is 11.6. The Morgan fingerprint density at radius 3 is 2.32 bits per heavy atom. The van der Waals surface area contributed by atoms with Crippen molar-refractivity contribution in [1.29, 1.82) is 0 Å². The molecule has 2 aromatic carbocycles. The van der Waals surface area contributed by atoms with E-state index in [1.807, 2.05) is 24.3 Å². The van der Waals surface area contributed by atoms with Crippen LogP contribution in [-0.4, -0.2) is 0 Å². The van der Waals surface area contributed by atoms with Gasteiger partial charge in [-0.15, -0.1) is 0 Å². The molecule has 0 unspecified atom stereocenters. The molecule has 5 heteroatoms. The maximum atomic E-state index is 13.5. The quantitative estimate of drug-likeness (QED) is 0.868. The molecule has 2 aromatic rings. The highest BCUT2D eigenvalue weighted by Crippen LogP contribution is 2.26. The molecule has 0 radical (unpaired) electrons. The predicted molar refractivity (Wildman–Crippen MR) is 72.7 cm³/mol. The number of hydrogen-bond acceptors (Lipinski definition) is 2. The van der Waals surface area contributed by atoms with E-state index in [0.717, 1.165) is 17.2 Å². The molecule has 0 amide bonds. The lowest BCUT2D eigenvalue weighted by atomic mass is 10.1. The van der Waals surface area contributed by atoms with E-state index in [1.165, 1.54) is 6.07 Å². The van der Waals surface area contributed by atoms with Crippen LogP contribution >= 0.6 is 15.9 Å². The van der Waals surface area contributed by atoms with Gasteiger partial charge in [0.25, 0.3) is 0 Å². The van der Waals surface area contributed by atoms with E-state index < -0.39 is 11.6 Å². The summed E-state index contributed by atoms with van der Waals surface area (Å²) in [6, 6.07) is 9.88. The summed E-state index contributed by atoms with van der Waals surface area (Å²) in [4.78, 5) is 0. The maximum absolute atomic E-state index is 13.5. The van der Waals surface area contributed by atoms with Crippen LogP contribution in [-0.2, 0) is 13.2 Å². The highest BCUT2D eigenvalue weighted by molar-refractivity contribution is 9.10. The standard InChI is InChI=1S/C14H12BrF2NO/c15-11-5-12(16)14(17)13(6-11)19-8-10-3-1-9(7-18)2-4-10/h1-6H,7-8,18H2. The molecule has 0 saturated heterocycles. The van der Waals surface area contributed by atoms with E-state index >= 15 is 0 Å². The van der Waals surface area contributed by atoms with Gasteiger partial charge in [-0.3, -0.25) is 0 Å². The number of rotatable bonds is 4. The third-order valence-electron chi connectivity index (χ3n) is 2.61. The maximum Gasteiger partial charge on any atom is 0.200 e. The number of halogens is 3. The number of ether oxygens (including phenoxy) is 1. The summed E-state index contributed by atoms with van der Waals surface area (Å²) in [6.07, 6.45) is 0. The van der Waals surface area contributed by atoms with Crippen LogP contribution in [0.5, 0.6) is 5.75 Å². The first-order valence-electron chi connectivity index (χ1n) is 5.65. The van der Waals surface area contributed by atoms with Gasteiger partial charge < -0.3 is 10.5 Å². The third-order valence-corrected chi connectivity index (χ3v) is 3.07. The summed E-state index contributed by atoms with van der Waals surface area (Å²) < 4.78 is 32.3. The molecule has 2 rings (SSSR count). The van der Waals surface area contributed by atoms with E-state index in [4.69, 9.17) is 10.5 Å². The van der Waals surface area contributed by atoms with Gasteiger partial charge in [0.2, 0.25) is 5.82 Å². The second-order valence-corrected chi connectivity index (χ2v) is 4.92. The molecule has 0 spiro atoms. The molecule has 0 bridgehead atoms. The van der Waals surface area contributed by atoms with Crippen LogP contribution in [0, 0.1) is 11.6 Å². The van der Waals surface area contributed by atoms with Crippen LogP contribution < -0.4 is 10.5 Å². The fourth-order valence-corrected chi connectivity index (χ4v) is 1.98. The lowest BCUT2D eigenvalue weighted by Gasteiger charge is -2.09. The van der Waals surface area contributed by atoms with Gasteiger partial charge in [-0.25, -0.2) is 4.39 Å². The van der Waals surface area contributed by atoms with Crippen molar-refractivity contribution >= 4 is 15.9 Å². The number of nitrogens with two attached hydrogens (primary N) is 1. The Morgan fingerprint density at radius 1 is 1.05 bits per heavy atom. The molecule has 0 saturated carbocycles. The van der Waals surface area contributed by atoms with Crippen LogP contribution in [0.25, 0.3) is 0 Å². The molecule has 2 nitrogen and oxygen atoms in total. The van der Waals surface area contributed by atoms with Gasteiger partial charge in [-0.05, 0) is 23.3 Å². The third kappa shape index (κ3) is 3.52. The first kappa shape index (κ1) is 14.0. The van der Waals surface area contributed by atoms with Crippen molar-refractivity contribution in [2.75, 3.05) is 0 Å². The summed E-state index contributed by atoms with van der Waals surface area (Å²) in [7, 11) is 0. The van der Waals surface area contributed by atoms with Crippen molar-refractivity contribution in [1.82, 2.24) is 0 Å². The molecule has 100 valence electrons. The van der Waals surface area contributed by atoms with Gasteiger partial charge in [0.05, 0.1) is 0 Å². The van der Waals surface area contributed by atoms with E-state index in [-0.39, 0.29) is 12.4 Å². The molecule has 0 heterocycles. The SMILES string of the molecule is NCc1ccc(COc2cc(Br)cc(F)c2F)cc1. The van der Waals surface area contributed by atoms with Crippen molar-refractivity contribution < 1.29 is 13.5 Å². The van der Waals surface area contributed by atoms with Crippen molar-refractivity contribution in [2.45, 2.75) is 13.2 Å². The van der Waals surface area contributed by atoms with Gasteiger partial charge in [0.1, 0.15) is 6.61 Å². The summed E-state index contributed by atoms with van der Waals surface area (Å²) >= 11 is 3.09. The molecule has 0 aliphatic rings. The first-order valence-corrected chi connectivity index (χ1v) is 6.44. The molecule has 0 fully saturated rings. The Morgan fingerprint density at radius 2 is 1.68 bits per heavy atom. The molecular formula is C14H12BrF2NO. The minimum atomic E-state index is -0.984. The van der Waals surface area contributed by atoms with Crippen molar-refractivity contribution in [3.05, 3.63) is 63.6 Å². The fraction of sp³-hybridized carbons (Fsp3) is 0.143. The van der Waals surface area contributed by atoms with Gasteiger partial charge in [-0.1, -0.05) is 40.2 Å². The van der Waals surface area contributed by atoms with Crippen LogP contribution in [0.15, 0.2) is 40.9 Å². The molecule has 0 aromatic heterocycles. The van der Waals surface area contributed by atoms with E-state index in [0.29, 0.717) is 11.0 Å². The average molecular weight is 328 g/mol. The van der Waals surface area contributed by atoms with Gasteiger partial charge in [0.15, 0.2) is 11.6 Å². The highest BCUT2D eigenvalue weighted by atomic mass is 79.9. The Balaban J connectivity index is 2.09. The molecule has 2 N–H and O–H groups in total. The summed E-state index contributed by atoms with van der Waals surface area (Å²) in [5.74, 6) is -2.04. The van der Waals surface area contributed by atoms with Gasteiger partial charge in [0, 0.05) is 11.0 Å². The minimum Gasteiger partial charge on any atom is -0.486 e. The monoisotopic (exact) mass is 327 g/mol. The fourth-order valence-electron chi connectivity index (χ4n) is 1.57. The Labute approximate surface area is 118 Å². The second kappa shape index (κ2) is 6.12. The van der Waals surface area contributed by atoms with Gasteiger partial charge >= 0.3 is 0 Å². The van der Waals surface area contributed by atoms with E-state index in [2.05, 4.69) is 15.9 Å². The zero-order chi connectivity index (χ0) is 13.8. The number of benzene rings is 2. The lowest BCUT2D eigenvalue weighted by Crippen LogP contribution is -2.00. The molecular weight excluding hydrogens is 316 g/mol. The summed E-state index contributed by atoms with van der Waals surface area (Å²) in [5.41, 5.74) is 7.35. The largest absolute Gasteiger partial charge is 0.486 e.